The fourth-order valence-electron chi connectivity index (χ4n) is 1.57. The van der Waals surface area contributed by atoms with E-state index in [2.05, 4.69) is 13.8 Å². The van der Waals surface area contributed by atoms with Crippen molar-refractivity contribution in [1.29, 1.82) is 0 Å². The second kappa shape index (κ2) is 4.74. The lowest BCUT2D eigenvalue weighted by molar-refractivity contribution is -0.384. The van der Waals surface area contributed by atoms with E-state index in [1.165, 1.54) is 5.56 Å². The molecule has 3 heteroatoms. The van der Waals surface area contributed by atoms with Crippen LogP contribution in [0.2, 0.25) is 0 Å². The summed E-state index contributed by atoms with van der Waals surface area (Å²) in [7, 11) is 0. The van der Waals surface area contributed by atoms with E-state index in [4.69, 9.17) is 0 Å². The first-order chi connectivity index (χ1) is 6.69. The van der Waals surface area contributed by atoms with Gasteiger partial charge in [0.1, 0.15) is 0 Å². The fourth-order valence-corrected chi connectivity index (χ4v) is 1.57. The Morgan fingerprint density at radius 2 is 2.00 bits per heavy atom. The van der Waals surface area contributed by atoms with E-state index >= 15 is 0 Å². The smallest absolute Gasteiger partial charge is 0.258 e. The molecule has 3 nitrogen and oxygen atoms in total. The van der Waals surface area contributed by atoms with Crippen LogP contribution in [0.3, 0.4) is 0 Å². The summed E-state index contributed by atoms with van der Waals surface area (Å²) in [6, 6.07) is 5.14. The lowest BCUT2D eigenvalue weighted by atomic mass is 10.0. The first kappa shape index (κ1) is 10.7. The number of nitro groups is 1. The summed E-state index contributed by atoms with van der Waals surface area (Å²) in [5.74, 6) is 0. The molecule has 0 spiro atoms. The highest BCUT2D eigenvalue weighted by molar-refractivity contribution is 5.40. The zero-order valence-corrected chi connectivity index (χ0v) is 8.62. The molecule has 76 valence electrons. The molecule has 0 atom stereocenters. The van der Waals surface area contributed by atoms with Gasteiger partial charge in [0.2, 0.25) is 0 Å². The quantitative estimate of drug-likeness (QED) is 0.544. The number of nitrogens with zero attached hydrogens (tertiary/aromatic N) is 1. The second-order valence-electron chi connectivity index (χ2n) is 3.31. The third kappa shape index (κ3) is 2.31. The molecule has 0 radical (unpaired) electrons. The van der Waals surface area contributed by atoms with E-state index in [0.717, 1.165) is 24.8 Å². The molecule has 0 fully saturated rings. The van der Waals surface area contributed by atoms with Crippen molar-refractivity contribution in [2.24, 2.45) is 0 Å². The number of non-ortho nitro benzene ring substituents is 1. The van der Waals surface area contributed by atoms with E-state index in [9.17, 15) is 10.1 Å². The number of rotatable bonds is 4. The summed E-state index contributed by atoms with van der Waals surface area (Å²) in [5.41, 5.74) is 2.53. The van der Waals surface area contributed by atoms with Gasteiger partial charge in [0.05, 0.1) is 4.92 Å². The fraction of sp³-hybridized carbons (Fsp3) is 0.455. The number of hydrogen-bond donors (Lipinski definition) is 0. The van der Waals surface area contributed by atoms with Crippen LogP contribution in [-0.4, -0.2) is 4.92 Å². The molecule has 1 aromatic carbocycles. The summed E-state index contributed by atoms with van der Waals surface area (Å²) >= 11 is 0. The molecule has 0 unspecified atom stereocenters. The van der Waals surface area contributed by atoms with Crippen molar-refractivity contribution in [3.8, 4) is 0 Å². The van der Waals surface area contributed by atoms with Crippen LogP contribution >= 0.6 is 0 Å². The maximum Gasteiger partial charge on any atom is 0.269 e. The third-order valence-corrected chi connectivity index (χ3v) is 2.30. The molecule has 0 aliphatic heterocycles. The molecule has 0 amide bonds. The molecule has 0 N–H and O–H groups in total. The van der Waals surface area contributed by atoms with Gasteiger partial charge in [-0.3, -0.25) is 10.1 Å². The normalized spacial score (nSPS) is 10.1. The van der Waals surface area contributed by atoms with Gasteiger partial charge in [0.25, 0.3) is 5.69 Å². The first-order valence-electron chi connectivity index (χ1n) is 4.95. The zero-order chi connectivity index (χ0) is 10.6. The van der Waals surface area contributed by atoms with Crippen LogP contribution in [0.15, 0.2) is 18.2 Å². The molecule has 0 heterocycles. The average molecular weight is 193 g/mol. The van der Waals surface area contributed by atoms with Crippen molar-refractivity contribution in [3.05, 3.63) is 39.4 Å². The number of hydrogen-bond acceptors (Lipinski definition) is 2. The van der Waals surface area contributed by atoms with Crippen LogP contribution in [0.4, 0.5) is 5.69 Å². The van der Waals surface area contributed by atoms with Crippen LogP contribution < -0.4 is 0 Å². The Bertz CT molecular complexity index is 334. The Morgan fingerprint density at radius 3 is 2.50 bits per heavy atom. The van der Waals surface area contributed by atoms with Gasteiger partial charge >= 0.3 is 0 Å². The summed E-state index contributed by atoms with van der Waals surface area (Å²) in [6.07, 6.45) is 2.88. The van der Waals surface area contributed by atoms with Crippen molar-refractivity contribution < 1.29 is 4.92 Å². The van der Waals surface area contributed by atoms with E-state index in [-0.39, 0.29) is 10.6 Å². The highest BCUT2D eigenvalue weighted by Gasteiger charge is 2.08. The van der Waals surface area contributed by atoms with E-state index in [0.29, 0.717) is 0 Å². The number of nitro benzene ring substituents is 1. The Morgan fingerprint density at radius 1 is 1.29 bits per heavy atom. The standard InChI is InChI=1S/C11H15NO2/c1-3-5-10-8-11(12(13)14)7-6-9(10)4-2/h6-8H,3-5H2,1-2H3. The third-order valence-electron chi connectivity index (χ3n) is 2.30. The highest BCUT2D eigenvalue weighted by Crippen LogP contribution is 2.19. The highest BCUT2D eigenvalue weighted by atomic mass is 16.6. The number of aryl methyl sites for hydroxylation is 2. The molecule has 0 aliphatic rings. The van der Waals surface area contributed by atoms with Crippen LogP contribution in [0, 0.1) is 10.1 Å². The molecular weight excluding hydrogens is 178 g/mol. The van der Waals surface area contributed by atoms with Crippen LogP contribution in [0.25, 0.3) is 0 Å². The monoisotopic (exact) mass is 193 g/mol. The SMILES string of the molecule is CCCc1cc([N+](=O)[O-])ccc1CC. The minimum Gasteiger partial charge on any atom is -0.258 e. The number of benzene rings is 1. The topological polar surface area (TPSA) is 43.1 Å². The van der Waals surface area contributed by atoms with Crippen molar-refractivity contribution in [2.75, 3.05) is 0 Å². The minimum absolute atomic E-state index is 0.200. The predicted octanol–water partition coefficient (Wildman–Crippen LogP) is 3.11. The Balaban J connectivity index is 3.07. The maximum atomic E-state index is 10.6. The molecule has 1 aromatic rings. The largest absolute Gasteiger partial charge is 0.269 e. The van der Waals surface area contributed by atoms with Crippen molar-refractivity contribution in [3.63, 3.8) is 0 Å². The van der Waals surface area contributed by atoms with Gasteiger partial charge in [-0.15, -0.1) is 0 Å². The summed E-state index contributed by atoms with van der Waals surface area (Å²) < 4.78 is 0. The van der Waals surface area contributed by atoms with Gasteiger partial charge in [-0.05, 0) is 24.0 Å². The average Bonchev–Trinajstić information content (AvgIpc) is 2.18. The molecular formula is C11H15NO2. The van der Waals surface area contributed by atoms with Crippen molar-refractivity contribution in [2.45, 2.75) is 33.1 Å². The molecule has 1 rings (SSSR count). The van der Waals surface area contributed by atoms with Gasteiger partial charge in [-0.25, -0.2) is 0 Å². The Hall–Kier alpha value is -1.38. The van der Waals surface area contributed by atoms with Crippen molar-refractivity contribution >= 4 is 5.69 Å². The minimum atomic E-state index is -0.335. The maximum absolute atomic E-state index is 10.6. The summed E-state index contributed by atoms with van der Waals surface area (Å²) in [4.78, 5) is 10.2. The van der Waals surface area contributed by atoms with E-state index < -0.39 is 0 Å². The van der Waals surface area contributed by atoms with E-state index in [1.807, 2.05) is 6.07 Å². The lowest BCUT2D eigenvalue weighted by Crippen LogP contribution is -1.95. The van der Waals surface area contributed by atoms with Crippen LogP contribution in [-0.2, 0) is 12.8 Å². The zero-order valence-electron chi connectivity index (χ0n) is 8.62. The van der Waals surface area contributed by atoms with Gasteiger partial charge in [0.15, 0.2) is 0 Å². The van der Waals surface area contributed by atoms with Crippen LogP contribution in [0.5, 0.6) is 0 Å². The van der Waals surface area contributed by atoms with Gasteiger partial charge in [-0.2, -0.15) is 0 Å². The van der Waals surface area contributed by atoms with Crippen molar-refractivity contribution in [1.82, 2.24) is 0 Å². The molecule has 14 heavy (non-hydrogen) atoms. The van der Waals surface area contributed by atoms with E-state index in [1.54, 1.807) is 12.1 Å². The van der Waals surface area contributed by atoms with Gasteiger partial charge in [0, 0.05) is 12.1 Å². The molecule has 0 aromatic heterocycles. The molecule has 0 aliphatic carbocycles. The summed E-state index contributed by atoms with van der Waals surface area (Å²) in [6.45, 7) is 4.15. The molecule has 0 saturated carbocycles. The van der Waals surface area contributed by atoms with Crippen LogP contribution in [0.1, 0.15) is 31.4 Å². The van der Waals surface area contributed by atoms with Gasteiger partial charge in [-0.1, -0.05) is 26.3 Å². The Labute approximate surface area is 83.9 Å². The summed E-state index contributed by atoms with van der Waals surface area (Å²) in [5, 5.41) is 10.6. The predicted molar refractivity (Wildman–Crippen MR) is 56.5 cm³/mol. The second-order valence-corrected chi connectivity index (χ2v) is 3.31. The molecule has 0 bridgehead atoms. The Kier molecular flexibility index (Phi) is 3.63. The van der Waals surface area contributed by atoms with Gasteiger partial charge < -0.3 is 0 Å². The first-order valence-corrected chi connectivity index (χ1v) is 4.95. The molecule has 0 saturated heterocycles. The lowest BCUT2D eigenvalue weighted by Gasteiger charge is -2.05.